The van der Waals surface area contributed by atoms with Gasteiger partial charge in [-0.2, -0.15) is 10.2 Å². The molecule has 7 heteroatoms. The molecule has 2 fully saturated rings. The van der Waals surface area contributed by atoms with Crippen molar-refractivity contribution in [2.24, 2.45) is 7.05 Å². The third-order valence-corrected chi connectivity index (χ3v) is 5.62. The molecule has 3 aromatic heterocycles. The number of hydrogen-bond donors (Lipinski definition) is 1. The molecule has 7 nitrogen and oxygen atoms in total. The largest absolute Gasteiger partial charge is 0.470 e. The summed E-state index contributed by atoms with van der Waals surface area (Å²) in [5.74, 6) is 1.29. The van der Waals surface area contributed by atoms with Crippen molar-refractivity contribution in [2.75, 3.05) is 7.05 Å². The number of rotatable bonds is 5. The zero-order valence-electron chi connectivity index (χ0n) is 15.4. The van der Waals surface area contributed by atoms with Crippen molar-refractivity contribution < 1.29 is 4.74 Å². The minimum absolute atomic E-state index is 0.181. The Hall–Kier alpha value is -2.41. The first-order valence-electron chi connectivity index (χ1n) is 9.28. The number of aromatic nitrogens is 5. The molecular weight excluding hydrogens is 328 g/mol. The third kappa shape index (κ3) is 2.58. The van der Waals surface area contributed by atoms with Gasteiger partial charge in [-0.25, -0.2) is 9.50 Å². The maximum absolute atomic E-state index is 6.49. The second-order valence-electron chi connectivity index (χ2n) is 7.95. The van der Waals surface area contributed by atoms with E-state index in [2.05, 4.69) is 22.4 Å². The maximum atomic E-state index is 6.49. The molecule has 0 bridgehead atoms. The topological polar surface area (TPSA) is 69.3 Å². The fourth-order valence-corrected chi connectivity index (χ4v) is 3.96. The van der Waals surface area contributed by atoms with Gasteiger partial charge in [-0.3, -0.25) is 4.68 Å². The first kappa shape index (κ1) is 15.8. The van der Waals surface area contributed by atoms with Gasteiger partial charge in [-0.1, -0.05) is 0 Å². The number of nitrogens with one attached hydrogen (secondary N) is 1. The Labute approximate surface area is 152 Å². The van der Waals surface area contributed by atoms with Crippen LogP contribution in [-0.4, -0.2) is 43.1 Å². The van der Waals surface area contributed by atoms with Crippen LogP contribution in [0.1, 0.15) is 44.1 Å². The minimum atomic E-state index is -0.181. The summed E-state index contributed by atoms with van der Waals surface area (Å²) >= 11 is 0. The molecule has 2 aliphatic rings. The summed E-state index contributed by atoms with van der Waals surface area (Å²) in [5.41, 5.74) is 3.90. The van der Waals surface area contributed by atoms with Crippen LogP contribution in [-0.2, 0) is 7.05 Å². The van der Waals surface area contributed by atoms with Crippen LogP contribution in [0, 0.1) is 0 Å². The lowest BCUT2D eigenvalue weighted by Gasteiger charge is -2.44. The Morgan fingerprint density at radius 3 is 2.65 bits per heavy atom. The van der Waals surface area contributed by atoms with Gasteiger partial charge in [0.2, 0.25) is 5.88 Å². The molecule has 2 saturated carbocycles. The van der Waals surface area contributed by atoms with Gasteiger partial charge in [0.15, 0.2) is 0 Å². The number of fused-ring (bicyclic) bond motifs is 1. The molecule has 136 valence electrons. The monoisotopic (exact) mass is 352 g/mol. The summed E-state index contributed by atoms with van der Waals surface area (Å²) < 4.78 is 10.2. The van der Waals surface area contributed by atoms with E-state index < -0.39 is 0 Å². The van der Waals surface area contributed by atoms with Crippen molar-refractivity contribution >= 4 is 5.52 Å². The van der Waals surface area contributed by atoms with E-state index in [0.29, 0.717) is 17.8 Å². The van der Waals surface area contributed by atoms with Crippen LogP contribution in [0.5, 0.6) is 5.88 Å². The Morgan fingerprint density at radius 2 is 2.00 bits per heavy atom. The molecule has 1 N–H and O–H groups in total. The van der Waals surface area contributed by atoms with Crippen molar-refractivity contribution in [3.05, 3.63) is 30.4 Å². The Kier molecular flexibility index (Phi) is 3.37. The van der Waals surface area contributed by atoms with Crippen LogP contribution < -0.4 is 10.1 Å². The minimum Gasteiger partial charge on any atom is -0.470 e. The van der Waals surface area contributed by atoms with E-state index in [1.54, 1.807) is 4.68 Å². The lowest BCUT2D eigenvalue weighted by molar-refractivity contribution is -0.0153. The molecule has 0 saturated heterocycles. The molecular formula is C19H24N6O. The van der Waals surface area contributed by atoms with Gasteiger partial charge in [0.25, 0.3) is 0 Å². The summed E-state index contributed by atoms with van der Waals surface area (Å²) in [5, 5.41) is 12.2. The van der Waals surface area contributed by atoms with Crippen LogP contribution >= 0.6 is 0 Å². The smallest absolute Gasteiger partial charge is 0.241 e. The highest BCUT2D eigenvalue weighted by atomic mass is 16.5. The fourth-order valence-electron chi connectivity index (χ4n) is 3.96. The second-order valence-corrected chi connectivity index (χ2v) is 7.95. The molecule has 0 aliphatic heterocycles. The first-order valence-corrected chi connectivity index (χ1v) is 9.28. The molecule has 0 aromatic carbocycles. The maximum Gasteiger partial charge on any atom is 0.241 e. The molecule has 0 amide bonds. The Bertz CT molecular complexity index is 964. The van der Waals surface area contributed by atoms with Crippen molar-refractivity contribution in [3.63, 3.8) is 0 Å². The van der Waals surface area contributed by atoms with E-state index in [1.165, 1.54) is 18.4 Å². The van der Waals surface area contributed by atoms with E-state index in [4.69, 9.17) is 9.72 Å². The number of hydrogen-bond acceptors (Lipinski definition) is 5. The number of aryl methyl sites for hydroxylation is 1. The quantitative estimate of drug-likeness (QED) is 0.764. The van der Waals surface area contributed by atoms with Gasteiger partial charge >= 0.3 is 0 Å². The second kappa shape index (κ2) is 5.54. The van der Waals surface area contributed by atoms with E-state index in [0.717, 1.165) is 29.6 Å². The molecule has 0 radical (unpaired) electrons. The zero-order valence-corrected chi connectivity index (χ0v) is 15.4. The fraction of sp³-hybridized carbons (Fsp3) is 0.526. The summed E-state index contributed by atoms with van der Waals surface area (Å²) in [7, 11) is 3.91. The van der Waals surface area contributed by atoms with Gasteiger partial charge < -0.3 is 10.1 Å². The Morgan fingerprint density at radius 1 is 1.19 bits per heavy atom. The lowest BCUT2D eigenvalue weighted by Crippen LogP contribution is -2.54. The summed E-state index contributed by atoms with van der Waals surface area (Å²) in [4.78, 5) is 4.89. The standard InChI is InChI=1S/C19H24N6O/c1-19(6-14(7-19)20-2)26-18-17-15(12-4-5-12)9-22-25(17)11-16(23-18)13-8-21-24(3)10-13/h8-12,14,20H,4-7H2,1-3H3/t14-,19+. The van der Waals surface area contributed by atoms with Crippen LogP contribution in [0.25, 0.3) is 16.8 Å². The highest BCUT2D eigenvalue weighted by molar-refractivity contribution is 5.68. The SMILES string of the molecule is CN[C@H]1C[C@@](C)(Oc2nc(-c3cnn(C)c3)cn3ncc(C4CC4)c23)C1. The summed E-state index contributed by atoms with van der Waals surface area (Å²) in [6.07, 6.45) is 12.2. The highest BCUT2D eigenvalue weighted by Crippen LogP contribution is 2.45. The molecule has 0 atom stereocenters. The van der Waals surface area contributed by atoms with Gasteiger partial charge in [0.1, 0.15) is 11.1 Å². The van der Waals surface area contributed by atoms with Crippen molar-refractivity contribution in [1.29, 1.82) is 0 Å². The van der Waals surface area contributed by atoms with Crippen molar-refractivity contribution in [2.45, 2.75) is 50.2 Å². The summed E-state index contributed by atoms with van der Waals surface area (Å²) in [6, 6.07) is 0.519. The van der Waals surface area contributed by atoms with Gasteiger partial charge in [0.05, 0.1) is 24.3 Å². The average Bonchev–Trinajstić information content (AvgIpc) is 3.19. The van der Waals surface area contributed by atoms with Crippen LogP contribution in [0.3, 0.4) is 0 Å². The molecule has 3 heterocycles. The van der Waals surface area contributed by atoms with Crippen molar-refractivity contribution in [1.82, 2.24) is 29.7 Å². The first-order chi connectivity index (χ1) is 12.5. The summed E-state index contributed by atoms with van der Waals surface area (Å²) in [6.45, 7) is 2.17. The van der Waals surface area contributed by atoms with Gasteiger partial charge in [0, 0.05) is 43.3 Å². The van der Waals surface area contributed by atoms with E-state index in [9.17, 15) is 0 Å². The molecule has 5 rings (SSSR count). The molecule has 0 spiro atoms. The van der Waals surface area contributed by atoms with E-state index in [-0.39, 0.29) is 5.60 Å². The molecule has 2 aliphatic carbocycles. The average molecular weight is 352 g/mol. The van der Waals surface area contributed by atoms with E-state index in [1.807, 2.05) is 43.4 Å². The normalized spacial score (nSPS) is 25.4. The van der Waals surface area contributed by atoms with Gasteiger partial charge in [-0.05, 0) is 32.7 Å². The number of ether oxygens (including phenoxy) is 1. The molecule has 3 aromatic rings. The predicted molar refractivity (Wildman–Crippen MR) is 98.3 cm³/mol. The van der Waals surface area contributed by atoms with Crippen LogP contribution in [0.2, 0.25) is 0 Å². The molecule has 26 heavy (non-hydrogen) atoms. The van der Waals surface area contributed by atoms with Gasteiger partial charge in [-0.15, -0.1) is 0 Å². The highest BCUT2D eigenvalue weighted by Gasteiger charge is 2.43. The van der Waals surface area contributed by atoms with Crippen molar-refractivity contribution in [3.8, 4) is 17.1 Å². The van der Waals surface area contributed by atoms with Crippen LogP contribution in [0.15, 0.2) is 24.8 Å². The third-order valence-electron chi connectivity index (χ3n) is 5.62. The van der Waals surface area contributed by atoms with Crippen LogP contribution in [0.4, 0.5) is 0 Å². The predicted octanol–water partition coefficient (Wildman–Crippen LogP) is 2.53. The Balaban J connectivity index is 1.59. The van der Waals surface area contributed by atoms with E-state index >= 15 is 0 Å². The lowest BCUT2D eigenvalue weighted by atomic mass is 9.77. The zero-order chi connectivity index (χ0) is 17.9. The number of nitrogens with zero attached hydrogens (tertiary/aromatic N) is 5. The molecule has 0 unspecified atom stereocenters.